The Balaban J connectivity index is 1.29. The van der Waals surface area contributed by atoms with Crippen LogP contribution in [0.2, 0.25) is 0 Å². The smallest absolute Gasteiger partial charge is 0.397 e. The van der Waals surface area contributed by atoms with Gasteiger partial charge in [-0.3, -0.25) is 4.79 Å². The van der Waals surface area contributed by atoms with E-state index in [4.69, 9.17) is 9.47 Å². The summed E-state index contributed by atoms with van der Waals surface area (Å²) in [5.41, 5.74) is 1.56. The second-order valence-corrected chi connectivity index (χ2v) is 8.39. The number of benzene rings is 2. The third-order valence-electron chi connectivity index (χ3n) is 5.93. The average Bonchev–Trinajstić information content (AvgIpc) is 2.74. The van der Waals surface area contributed by atoms with Gasteiger partial charge in [0.15, 0.2) is 0 Å². The summed E-state index contributed by atoms with van der Waals surface area (Å²) < 4.78 is 63.1. The lowest BCUT2D eigenvalue weighted by atomic mass is 9.92. The predicted octanol–water partition coefficient (Wildman–Crippen LogP) is 5.65. The predicted molar refractivity (Wildman–Crippen MR) is 110 cm³/mol. The molecule has 1 unspecified atom stereocenters. The first-order chi connectivity index (χ1) is 15.3. The molecule has 0 aromatic heterocycles. The number of carbonyl (C=O) groups is 1. The lowest BCUT2D eigenvalue weighted by molar-refractivity contribution is -0.154. The topological polar surface area (TPSA) is 47.6 Å². The average molecular weight is 451 g/mol. The number of halogens is 4. The first-order valence-corrected chi connectivity index (χ1v) is 10.8. The summed E-state index contributed by atoms with van der Waals surface area (Å²) in [5, 5.41) is 2.46. The minimum atomic E-state index is -4.49. The van der Waals surface area contributed by atoms with Crippen LogP contribution >= 0.6 is 0 Å². The van der Waals surface area contributed by atoms with Gasteiger partial charge in [-0.15, -0.1) is 0 Å². The molecule has 0 radical (unpaired) electrons. The van der Waals surface area contributed by atoms with E-state index in [2.05, 4.69) is 5.32 Å². The standard InChI is InChI=1S/C24H25F4NO3/c25-20-4-2-1-3-19(20)22-11-5-15-13-18(10-12-21(15)32-22)31-17-8-6-16(7-9-17)29-23(30)14-24(26,27)28/h1-4,10,12-13,16-17,22H,5-9,11,14H2,(H,29,30)/t16-,17-,22?. The molecule has 1 saturated carbocycles. The highest BCUT2D eigenvalue weighted by atomic mass is 19.4. The molecule has 1 aliphatic heterocycles. The Bertz CT molecular complexity index is 955. The fraction of sp³-hybridized carbons (Fsp3) is 0.458. The molecule has 1 heterocycles. The van der Waals surface area contributed by atoms with Crippen molar-refractivity contribution in [3.8, 4) is 11.5 Å². The second kappa shape index (κ2) is 9.38. The summed E-state index contributed by atoms with van der Waals surface area (Å²) in [6.07, 6.45) is -2.45. The molecular formula is C24H25F4NO3. The van der Waals surface area contributed by atoms with Crippen LogP contribution in [0.25, 0.3) is 0 Å². The molecule has 2 aromatic carbocycles. The zero-order valence-corrected chi connectivity index (χ0v) is 17.5. The summed E-state index contributed by atoms with van der Waals surface area (Å²) in [6.45, 7) is 0. The first-order valence-electron chi connectivity index (χ1n) is 10.8. The summed E-state index contributed by atoms with van der Waals surface area (Å²) >= 11 is 0. The van der Waals surface area contributed by atoms with Crippen molar-refractivity contribution in [3.05, 3.63) is 59.4 Å². The summed E-state index contributed by atoms with van der Waals surface area (Å²) in [4.78, 5) is 11.5. The number of hydrogen-bond donors (Lipinski definition) is 1. The van der Waals surface area contributed by atoms with Gasteiger partial charge in [-0.25, -0.2) is 4.39 Å². The molecule has 1 N–H and O–H groups in total. The monoisotopic (exact) mass is 451 g/mol. The number of alkyl halides is 3. The third kappa shape index (κ3) is 5.72. The Morgan fingerprint density at radius 3 is 2.53 bits per heavy atom. The van der Waals surface area contributed by atoms with Gasteiger partial charge in [-0.1, -0.05) is 18.2 Å². The van der Waals surface area contributed by atoms with Crippen LogP contribution in [-0.2, 0) is 11.2 Å². The summed E-state index contributed by atoms with van der Waals surface area (Å²) in [7, 11) is 0. The van der Waals surface area contributed by atoms with Crippen molar-refractivity contribution in [2.75, 3.05) is 0 Å². The molecule has 1 atom stereocenters. The van der Waals surface area contributed by atoms with Crippen LogP contribution in [0.5, 0.6) is 11.5 Å². The zero-order chi connectivity index (χ0) is 22.7. The van der Waals surface area contributed by atoms with E-state index in [1.807, 2.05) is 18.2 Å². The van der Waals surface area contributed by atoms with Gasteiger partial charge in [0.1, 0.15) is 29.8 Å². The van der Waals surface area contributed by atoms with Crippen molar-refractivity contribution in [3.63, 3.8) is 0 Å². The number of rotatable bonds is 5. The van der Waals surface area contributed by atoms with E-state index in [-0.39, 0.29) is 24.1 Å². The van der Waals surface area contributed by atoms with Gasteiger partial charge in [-0.2, -0.15) is 13.2 Å². The van der Waals surface area contributed by atoms with Crippen LogP contribution in [0.4, 0.5) is 17.6 Å². The van der Waals surface area contributed by atoms with E-state index < -0.39 is 18.5 Å². The molecule has 4 nitrogen and oxygen atoms in total. The number of amides is 1. The van der Waals surface area contributed by atoms with Crippen molar-refractivity contribution < 1.29 is 31.8 Å². The number of aryl methyl sites for hydroxylation is 1. The van der Waals surface area contributed by atoms with E-state index in [0.717, 1.165) is 12.0 Å². The Labute approximate surface area is 183 Å². The van der Waals surface area contributed by atoms with E-state index in [1.54, 1.807) is 18.2 Å². The highest BCUT2D eigenvalue weighted by Gasteiger charge is 2.33. The maximum atomic E-state index is 14.1. The molecule has 1 amide bonds. The SMILES string of the molecule is O=C(CC(F)(F)F)N[C@H]1CC[C@H](Oc2ccc3c(c2)CCC(c2ccccc2F)O3)CC1. The lowest BCUT2D eigenvalue weighted by Gasteiger charge is -2.30. The fourth-order valence-electron chi connectivity index (χ4n) is 4.37. The Morgan fingerprint density at radius 1 is 1.06 bits per heavy atom. The quantitative estimate of drug-likeness (QED) is 0.598. The molecule has 0 spiro atoms. The van der Waals surface area contributed by atoms with E-state index >= 15 is 0 Å². The van der Waals surface area contributed by atoms with Crippen LogP contribution in [0.15, 0.2) is 42.5 Å². The Kier molecular flexibility index (Phi) is 6.58. The maximum Gasteiger partial charge on any atom is 0.397 e. The van der Waals surface area contributed by atoms with Crippen molar-refractivity contribution in [1.82, 2.24) is 5.32 Å². The maximum absolute atomic E-state index is 14.1. The molecule has 2 aliphatic rings. The number of fused-ring (bicyclic) bond motifs is 1. The molecule has 1 fully saturated rings. The summed E-state index contributed by atoms with van der Waals surface area (Å²) in [5.74, 6) is 0.172. The highest BCUT2D eigenvalue weighted by Crippen LogP contribution is 2.38. The van der Waals surface area contributed by atoms with Crippen LogP contribution < -0.4 is 14.8 Å². The minimum absolute atomic E-state index is 0.0560. The van der Waals surface area contributed by atoms with Crippen LogP contribution in [0, 0.1) is 5.82 Å². The first kappa shape index (κ1) is 22.4. The van der Waals surface area contributed by atoms with E-state index in [9.17, 15) is 22.4 Å². The fourth-order valence-corrected chi connectivity index (χ4v) is 4.37. The van der Waals surface area contributed by atoms with Gasteiger partial charge < -0.3 is 14.8 Å². The molecule has 32 heavy (non-hydrogen) atoms. The largest absolute Gasteiger partial charge is 0.490 e. The Morgan fingerprint density at radius 2 is 1.81 bits per heavy atom. The third-order valence-corrected chi connectivity index (χ3v) is 5.93. The lowest BCUT2D eigenvalue weighted by Crippen LogP contribution is -2.41. The normalized spacial score (nSPS) is 23.1. The van der Waals surface area contributed by atoms with Gasteiger partial charge in [0.2, 0.25) is 5.91 Å². The molecule has 0 saturated heterocycles. The molecule has 172 valence electrons. The van der Waals surface area contributed by atoms with Crippen LogP contribution in [0.1, 0.15) is 55.8 Å². The minimum Gasteiger partial charge on any atom is -0.490 e. The van der Waals surface area contributed by atoms with Crippen molar-refractivity contribution >= 4 is 5.91 Å². The van der Waals surface area contributed by atoms with Gasteiger partial charge >= 0.3 is 6.18 Å². The molecular weight excluding hydrogens is 426 g/mol. The Hall–Kier alpha value is -2.77. The van der Waals surface area contributed by atoms with Crippen LogP contribution in [-0.4, -0.2) is 24.2 Å². The van der Waals surface area contributed by atoms with Gasteiger partial charge in [0.05, 0.1) is 6.10 Å². The van der Waals surface area contributed by atoms with Crippen LogP contribution in [0.3, 0.4) is 0 Å². The molecule has 0 bridgehead atoms. The second-order valence-electron chi connectivity index (χ2n) is 8.39. The van der Waals surface area contributed by atoms with Crippen molar-refractivity contribution in [2.45, 2.75) is 69.4 Å². The molecule has 4 rings (SSSR count). The zero-order valence-electron chi connectivity index (χ0n) is 17.5. The van der Waals surface area contributed by atoms with Gasteiger partial charge in [0.25, 0.3) is 0 Å². The van der Waals surface area contributed by atoms with E-state index in [1.165, 1.54) is 6.07 Å². The number of carbonyl (C=O) groups excluding carboxylic acids is 1. The number of hydrogen-bond acceptors (Lipinski definition) is 3. The summed E-state index contributed by atoms with van der Waals surface area (Å²) in [6, 6.07) is 12.0. The molecule has 1 aliphatic carbocycles. The molecule has 8 heteroatoms. The van der Waals surface area contributed by atoms with Gasteiger partial charge in [0, 0.05) is 11.6 Å². The van der Waals surface area contributed by atoms with E-state index in [0.29, 0.717) is 49.2 Å². The molecule has 2 aromatic rings. The highest BCUT2D eigenvalue weighted by molar-refractivity contribution is 5.76. The van der Waals surface area contributed by atoms with Crippen molar-refractivity contribution in [2.24, 2.45) is 0 Å². The number of nitrogens with one attached hydrogen (secondary N) is 1. The van der Waals surface area contributed by atoms with Crippen molar-refractivity contribution in [1.29, 1.82) is 0 Å². The number of ether oxygens (including phenoxy) is 2. The van der Waals surface area contributed by atoms with Gasteiger partial charge in [-0.05, 0) is 68.4 Å².